The molecule has 0 radical (unpaired) electrons. The maximum absolute atomic E-state index is 12.2. The number of imide groups is 1. The minimum absolute atomic E-state index is 0.255. The van der Waals surface area contributed by atoms with Crippen molar-refractivity contribution in [1.29, 1.82) is 0 Å². The fraction of sp³-hybridized carbons (Fsp3) is 0.235. The third kappa shape index (κ3) is 2.77. The van der Waals surface area contributed by atoms with E-state index in [9.17, 15) is 14.4 Å². The summed E-state index contributed by atoms with van der Waals surface area (Å²) in [6.07, 6.45) is 0. The second-order valence-corrected chi connectivity index (χ2v) is 6.54. The smallest absolute Gasteiger partial charge is 0.262 e. The molecule has 5 nitrogen and oxygen atoms in total. The fourth-order valence-corrected chi connectivity index (χ4v) is 3.40. The number of benzene rings is 1. The molecule has 2 aromatic rings. The van der Waals surface area contributed by atoms with E-state index in [1.807, 2.05) is 19.2 Å². The van der Waals surface area contributed by atoms with Gasteiger partial charge >= 0.3 is 0 Å². The number of amides is 3. The van der Waals surface area contributed by atoms with Gasteiger partial charge < -0.3 is 5.32 Å². The van der Waals surface area contributed by atoms with Gasteiger partial charge in [-0.1, -0.05) is 12.1 Å². The first-order chi connectivity index (χ1) is 11.0. The number of hydrogen-bond donors (Lipinski definition) is 1. The van der Waals surface area contributed by atoms with Gasteiger partial charge in [0.05, 0.1) is 11.1 Å². The molecular weight excluding hydrogens is 312 g/mol. The molecule has 1 N–H and O–H groups in total. The van der Waals surface area contributed by atoms with Crippen LogP contribution in [0.2, 0.25) is 0 Å². The monoisotopic (exact) mass is 328 g/mol. The van der Waals surface area contributed by atoms with Gasteiger partial charge in [-0.25, -0.2) is 0 Å². The average Bonchev–Trinajstić information content (AvgIpc) is 2.99. The van der Waals surface area contributed by atoms with Gasteiger partial charge in [0.2, 0.25) is 5.91 Å². The van der Waals surface area contributed by atoms with Crippen molar-refractivity contribution in [1.82, 2.24) is 10.2 Å². The molecule has 0 aliphatic carbocycles. The number of carbonyl (C=O) groups excluding carboxylic acids is 3. The normalized spacial score (nSPS) is 13.4. The Morgan fingerprint density at radius 2 is 1.74 bits per heavy atom. The topological polar surface area (TPSA) is 66.5 Å². The predicted molar refractivity (Wildman–Crippen MR) is 87.4 cm³/mol. The maximum Gasteiger partial charge on any atom is 0.262 e. The summed E-state index contributed by atoms with van der Waals surface area (Å²) >= 11 is 1.64. The lowest BCUT2D eigenvalue weighted by molar-refractivity contribution is -0.121. The number of fused-ring (bicyclic) bond motifs is 1. The summed E-state index contributed by atoms with van der Waals surface area (Å²) < 4.78 is 0. The van der Waals surface area contributed by atoms with Gasteiger partial charge in [0.1, 0.15) is 6.54 Å². The summed E-state index contributed by atoms with van der Waals surface area (Å²) in [6.45, 7) is 4.19. The van der Waals surface area contributed by atoms with Crippen molar-refractivity contribution >= 4 is 29.1 Å². The molecule has 1 aliphatic rings. The molecule has 0 saturated heterocycles. The average molecular weight is 328 g/mol. The molecule has 23 heavy (non-hydrogen) atoms. The van der Waals surface area contributed by atoms with E-state index in [2.05, 4.69) is 5.32 Å². The largest absolute Gasteiger partial charge is 0.350 e. The first-order valence-corrected chi connectivity index (χ1v) is 8.12. The number of hydrogen-bond acceptors (Lipinski definition) is 4. The van der Waals surface area contributed by atoms with Crippen LogP contribution in [0.3, 0.4) is 0 Å². The Bertz CT molecular complexity index is 775. The van der Waals surface area contributed by atoms with Crippen molar-refractivity contribution in [3.05, 3.63) is 56.8 Å². The van der Waals surface area contributed by atoms with Crippen molar-refractivity contribution in [3.63, 3.8) is 0 Å². The van der Waals surface area contributed by atoms with Gasteiger partial charge in [-0.2, -0.15) is 0 Å². The minimum atomic E-state index is -0.414. The lowest BCUT2D eigenvalue weighted by Crippen LogP contribution is -2.40. The quantitative estimate of drug-likeness (QED) is 0.876. The van der Waals surface area contributed by atoms with Crippen LogP contribution in [0.15, 0.2) is 29.6 Å². The Kier molecular flexibility index (Phi) is 4.00. The van der Waals surface area contributed by atoms with Crippen LogP contribution in [0, 0.1) is 13.8 Å². The summed E-state index contributed by atoms with van der Waals surface area (Å²) in [4.78, 5) is 38.7. The Balaban J connectivity index is 1.64. The summed E-state index contributed by atoms with van der Waals surface area (Å²) in [5.74, 6) is -1.17. The SMILES string of the molecule is Cc1scc(CNC(=O)CN2C(=O)c3ccccc3C2=O)c1C. The minimum Gasteiger partial charge on any atom is -0.350 e. The number of carbonyl (C=O) groups is 3. The van der Waals surface area contributed by atoms with E-state index in [-0.39, 0.29) is 12.5 Å². The second kappa shape index (κ2) is 5.96. The highest BCUT2D eigenvalue weighted by Crippen LogP contribution is 2.22. The first kappa shape index (κ1) is 15.4. The van der Waals surface area contributed by atoms with E-state index in [4.69, 9.17) is 0 Å². The van der Waals surface area contributed by atoms with Gasteiger partial charge in [0.15, 0.2) is 0 Å². The zero-order valence-electron chi connectivity index (χ0n) is 12.9. The van der Waals surface area contributed by atoms with E-state index in [0.717, 1.165) is 16.0 Å². The summed E-state index contributed by atoms with van der Waals surface area (Å²) in [7, 11) is 0. The van der Waals surface area contributed by atoms with Crippen LogP contribution in [-0.4, -0.2) is 29.2 Å². The van der Waals surface area contributed by atoms with Gasteiger partial charge in [-0.3, -0.25) is 19.3 Å². The number of aryl methyl sites for hydroxylation is 1. The van der Waals surface area contributed by atoms with Crippen LogP contribution in [0.4, 0.5) is 0 Å². The summed E-state index contributed by atoms with van der Waals surface area (Å²) in [6, 6.07) is 6.61. The lowest BCUT2D eigenvalue weighted by atomic mass is 10.1. The molecule has 118 valence electrons. The van der Waals surface area contributed by atoms with Gasteiger partial charge in [0.25, 0.3) is 11.8 Å². The third-order valence-corrected chi connectivity index (χ3v) is 5.11. The molecule has 0 bridgehead atoms. The highest BCUT2D eigenvalue weighted by Gasteiger charge is 2.36. The standard InChI is InChI=1S/C17H16N2O3S/c1-10-11(2)23-9-12(10)7-18-15(20)8-19-16(21)13-5-3-4-6-14(13)17(19)22/h3-6,9H,7-8H2,1-2H3,(H,18,20). The maximum atomic E-state index is 12.2. The highest BCUT2D eigenvalue weighted by molar-refractivity contribution is 7.10. The van der Waals surface area contributed by atoms with E-state index < -0.39 is 11.8 Å². The highest BCUT2D eigenvalue weighted by atomic mass is 32.1. The molecule has 0 spiro atoms. The van der Waals surface area contributed by atoms with Crippen molar-refractivity contribution < 1.29 is 14.4 Å². The fourth-order valence-electron chi connectivity index (χ4n) is 2.51. The molecule has 1 aliphatic heterocycles. The molecule has 3 rings (SSSR count). The Morgan fingerprint density at radius 3 is 2.26 bits per heavy atom. The zero-order valence-corrected chi connectivity index (χ0v) is 13.7. The first-order valence-electron chi connectivity index (χ1n) is 7.24. The third-order valence-electron chi connectivity index (χ3n) is 4.04. The second-order valence-electron chi connectivity index (χ2n) is 5.46. The van der Waals surface area contributed by atoms with E-state index >= 15 is 0 Å². The van der Waals surface area contributed by atoms with Crippen LogP contribution in [0.25, 0.3) is 0 Å². The van der Waals surface area contributed by atoms with Crippen molar-refractivity contribution in [3.8, 4) is 0 Å². The zero-order chi connectivity index (χ0) is 16.6. The molecule has 0 saturated carbocycles. The molecule has 0 atom stereocenters. The molecule has 0 unspecified atom stereocenters. The van der Waals surface area contributed by atoms with Crippen LogP contribution in [-0.2, 0) is 11.3 Å². The van der Waals surface area contributed by atoms with Crippen LogP contribution >= 0.6 is 11.3 Å². The predicted octanol–water partition coefficient (Wildman–Crippen LogP) is 2.28. The van der Waals surface area contributed by atoms with Crippen molar-refractivity contribution in [2.75, 3.05) is 6.54 Å². The van der Waals surface area contributed by atoms with Crippen LogP contribution in [0.1, 0.15) is 36.7 Å². The van der Waals surface area contributed by atoms with Gasteiger partial charge in [-0.15, -0.1) is 11.3 Å². The lowest BCUT2D eigenvalue weighted by Gasteiger charge is -2.13. The van der Waals surface area contributed by atoms with Crippen LogP contribution in [0.5, 0.6) is 0 Å². The van der Waals surface area contributed by atoms with E-state index in [1.54, 1.807) is 35.6 Å². The molecule has 6 heteroatoms. The van der Waals surface area contributed by atoms with Crippen molar-refractivity contribution in [2.45, 2.75) is 20.4 Å². The Hall–Kier alpha value is -2.47. The van der Waals surface area contributed by atoms with Crippen LogP contribution < -0.4 is 5.32 Å². The molecule has 1 aromatic carbocycles. The summed E-state index contributed by atoms with van der Waals surface area (Å²) in [5.41, 5.74) is 2.93. The number of nitrogens with one attached hydrogen (secondary N) is 1. The molecule has 3 amide bonds. The van der Waals surface area contributed by atoms with Crippen molar-refractivity contribution in [2.24, 2.45) is 0 Å². The van der Waals surface area contributed by atoms with E-state index in [0.29, 0.717) is 17.7 Å². The number of nitrogens with zero attached hydrogens (tertiary/aromatic N) is 1. The number of thiophene rings is 1. The Morgan fingerprint density at radius 1 is 1.13 bits per heavy atom. The van der Waals surface area contributed by atoms with E-state index in [1.165, 1.54) is 4.88 Å². The molecular formula is C17H16N2O3S. The molecule has 2 heterocycles. The van der Waals surface area contributed by atoms with Gasteiger partial charge in [0, 0.05) is 11.4 Å². The number of rotatable bonds is 4. The summed E-state index contributed by atoms with van der Waals surface area (Å²) in [5, 5.41) is 4.78. The molecule has 1 aromatic heterocycles. The van der Waals surface area contributed by atoms with Gasteiger partial charge in [-0.05, 0) is 42.5 Å². The Labute approximate surface area is 137 Å². The molecule has 0 fully saturated rings.